The summed E-state index contributed by atoms with van der Waals surface area (Å²) in [6.45, 7) is 0. The minimum absolute atomic E-state index is 0.397. The van der Waals surface area contributed by atoms with Crippen LogP contribution in [0.1, 0.15) is 57.3 Å². The summed E-state index contributed by atoms with van der Waals surface area (Å²) in [5.74, 6) is 0. The van der Waals surface area contributed by atoms with Crippen molar-refractivity contribution in [1.29, 1.82) is 0 Å². The molecule has 10 aromatic carbocycles. The molecule has 0 fully saturated rings. The van der Waals surface area contributed by atoms with E-state index in [2.05, 4.69) is 229 Å². The number of anilines is 3. The lowest BCUT2D eigenvalue weighted by molar-refractivity contribution is 0.714. The van der Waals surface area contributed by atoms with Crippen molar-refractivity contribution in [2.45, 2.75) is 23.7 Å². The Balaban J connectivity index is 1.06. The molecule has 5 aliphatic rings. The summed E-state index contributed by atoms with van der Waals surface area (Å²) in [6.07, 6.45) is 6.91. The summed E-state index contributed by atoms with van der Waals surface area (Å²) in [5, 5.41) is 5.12. The molecule has 0 heterocycles. The number of hydrogen-bond donors (Lipinski definition) is 0. The molecule has 10 aromatic rings. The van der Waals surface area contributed by atoms with Crippen LogP contribution in [-0.2, 0) is 10.8 Å². The molecule has 0 N–H and O–H groups in total. The number of benzene rings is 10. The Morgan fingerprint density at radius 1 is 0.354 bits per heavy atom. The van der Waals surface area contributed by atoms with E-state index in [0.717, 1.165) is 24.2 Å². The van der Waals surface area contributed by atoms with Crippen LogP contribution in [-0.4, -0.2) is 0 Å². The number of hydrogen-bond acceptors (Lipinski definition) is 1. The van der Waals surface area contributed by atoms with E-state index in [0.29, 0.717) is 0 Å². The van der Waals surface area contributed by atoms with E-state index in [1.807, 2.05) is 0 Å². The van der Waals surface area contributed by atoms with Gasteiger partial charge in [-0.2, -0.15) is 0 Å². The van der Waals surface area contributed by atoms with Crippen LogP contribution in [0.5, 0.6) is 0 Å². The molecular formula is C64H41N. The Kier molecular flexibility index (Phi) is 6.99. The fourth-order valence-corrected chi connectivity index (χ4v) is 13.5. The van der Waals surface area contributed by atoms with Gasteiger partial charge in [0.2, 0.25) is 0 Å². The first-order chi connectivity index (χ1) is 32.3. The minimum atomic E-state index is -0.489. The molecule has 0 saturated heterocycles. The largest absolute Gasteiger partial charge is 0.310 e. The number of fused-ring (bicyclic) bond motifs is 23. The Morgan fingerprint density at radius 3 is 1.60 bits per heavy atom. The predicted octanol–water partition coefficient (Wildman–Crippen LogP) is 16.2. The van der Waals surface area contributed by atoms with Crippen molar-refractivity contribution in [3.63, 3.8) is 0 Å². The van der Waals surface area contributed by atoms with Gasteiger partial charge >= 0.3 is 0 Å². The molecule has 0 unspecified atom stereocenters. The third kappa shape index (κ3) is 4.29. The second kappa shape index (κ2) is 12.8. The molecule has 1 heteroatoms. The third-order valence-electron chi connectivity index (χ3n) is 15.7. The first-order valence-electron chi connectivity index (χ1n) is 23.2. The van der Waals surface area contributed by atoms with Crippen molar-refractivity contribution in [2.24, 2.45) is 0 Å². The van der Waals surface area contributed by atoms with E-state index >= 15 is 0 Å². The summed E-state index contributed by atoms with van der Waals surface area (Å²) in [4.78, 5) is 2.57. The van der Waals surface area contributed by atoms with Crippen LogP contribution in [0.25, 0.3) is 60.5 Å². The highest BCUT2D eigenvalue weighted by Crippen LogP contribution is 2.67. The van der Waals surface area contributed by atoms with Crippen molar-refractivity contribution in [2.75, 3.05) is 4.90 Å². The fraction of sp³-hybridized carbons (Fsp3) is 0.0625. The summed E-state index contributed by atoms with van der Waals surface area (Å²) in [7, 11) is 0. The van der Waals surface area contributed by atoms with E-state index in [4.69, 9.17) is 0 Å². The normalized spacial score (nSPS) is 15.7. The molecule has 0 atom stereocenters. The average Bonchev–Trinajstić information content (AvgIpc) is 4.06. The first kappa shape index (κ1) is 35.5. The van der Waals surface area contributed by atoms with Gasteiger partial charge in [-0.15, -0.1) is 0 Å². The molecule has 302 valence electrons. The second-order valence-electron chi connectivity index (χ2n) is 18.5. The molecule has 0 bridgehead atoms. The van der Waals surface area contributed by atoms with Crippen LogP contribution in [0.15, 0.2) is 230 Å². The van der Waals surface area contributed by atoms with Gasteiger partial charge in [0.25, 0.3) is 0 Å². The average molecular weight is 824 g/mol. The summed E-state index contributed by atoms with van der Waals surface area (Å²) in [6, 6.07) is 80.8. The van der Waals surface area contributed by atoms with Crippen LogP contribution in [0.4, 0.5) is 17.1 Å². The molecule has 1 nitrogen and oxygen atoms in total. The molecule has 0 radical (unpaired) electrons. The topological polar surface area (TPSA) is 3.24 Å². The maximum atomic E-state index is 2.60. The summed E-state index contributed by atoms with van der Waals surface area (Å²) < 4.78 is 0. The standard InChI is InChI=1S/C64H41N/c1-2-19-41(20-3-1)65(42-35-36-51-58(38-42)64(57-37-34-40-18-4-5-21-43(40)61(51)57)54-31-15-10-24-46(54)47-25-11-16-32-55(47)64)60-39-59-62(49-27-7-6-26-48(49)60)50-28-12-17-33-56(50)63(59)52-29-13-8-22-44(52)45-23-9-14-30-53(45)63/h1-16,18-32,34-39H,17,33H2. The Hall–Kier alpha value is -8.00. The molecule has 65 heavy (non-hydrogen) atoms. The molecule has 0 aliphatic heterocycles. The predicted molar refractivity (Wildman–Crippen MR) is 269 cm³/mol. The zero-order valence-electron chi connectivity index (χ0n) is 35.7. The second-order valence-corrected chi connectivity index (χ2v) is 18.5. The fourth-order valence-electron chi connectivity index (χ4n) is 13.5. The van der Waals surface area contributed by atoms with Crippen LogP contribution >= 0.6 is 0 Å². The molecular weight excluding hydrogens is 783 g/mol. The SMILES string of the molecule is C1=CC2=C(CC1)C1(c3ccccc3-c3ccccc31)c1cc(N(c3ccccc3)c3ccc4c(c3)C3(c5ccccc5-c5ccccc53)c3ccc5ccccc5c3-4)c3ccccc3c12. The van der Waals surface area contributed by atoms with Crippen molar-refractivity contribution < 1.29 is 0 Å². The number of allylic oxidation sites excluding steroid dienone is 4. The van der Waals surface area contributed by atoms with Crippen molar-refractivity contribution in [1.82, 2.24) is 0 Å². The van der Waals surface area contributed by atoms with E-state index in [9.17, 15) is 0 Å². The van der Waals surface area contributed by atoms with Crippen LogP contribution < -0.4 is 4.90 Å². The Labute approximate surface area is 378 Å². The zero-order valence-corrected chi connectivity index (χ0v) is 35.7. The van der Waals surface area contributed by atoms with E-state index in [1.54, 1.807) is 0 Å². The quantitative estimate of drug-likeness (QED) is 0.172. The smallest absolute Gasteiger partial charge is 0.0726 e. The van der Waals surface area contributed by atoms with E-state index in [-0.39, 0.29) is 0 Å². The maximum absolute atomic E-state index is 2.60. The number of nitrogens with zero attached hydrogens (tertiary/aromatic N) is 1. The lowest BCUT2D eigenvalue weighted by atomic mass is 9.68. The van der Waals surface area contributed by atoms with Gasteiger partial charge in [-0.3, -0.25) is 0 Å². The van der Waals surface area contributed by atoms with Crippen molar-refractivity contribution >= 4 is 44.2 Å². The van der Waals surface area contributed by atoms with Crippen LogP contribution in [0.3, 0.4) is 0 Å². The van der Waals surface area contributed by atoms with Crippen LogP contribution in [0, 0.1) is 0 Å². The summed E-state index contributed by atoms with van der Waals surface area (Å²) in [5.41, 5.74) is 24.5. The van der Waals surface area contributed by atoms with Gasteiger partial charge in [0.15, 0.2) is 0 Å². The Morgan fingerprint density at radius 2 is 0.923 bits per heavy atom. The van der Waals surface area contributed by atoms with Gasteiger partial charge in [0, 0.05) is 16.8 Å². The number of rotatable bonds is 3. The maximum Gasteiger partial charge on any atom is 0.0726 e. The lowest BCUT2D eigenvalue weighted by Crippen LogP contribution is -2.28. The molecule has 0 aromatic heterocycles. The van der Waals surface area contributed by atoms with Gasteiger partial charge < -0.3 is 4.90 Å². The van der Waals surface area contributed by atoms with E-state index < -0.39 is 10.8 Å². The van der Waals surface area contributed by atoms with Crippen LogP contribution in [0.2, 0.25) is 0 Å². The molecule has 0 saturated carbocycles. The van der Waals surface area contributed by atoms with E-state index in [1.165, 1.54) is 116 Å². The monoisotopic (exact) mass is 823 g/mol. The Bertz CT molecular complexity index is 3700. The minimum Gasteiger partial charge on any atom is -0.310 e. The van der Waals surface area contributed by atoms with Gasteiger partial charge in [0.05, 0.1) is 16.5 Å². The highest BCUT2D eigenvalue weighted by atomic mass is 15.1. The van der Waals surface area contributed by atoms with Gasteiger partial charge in [0.1, 0.15) is 0 Å². The highest BCUT2D eigenvalue weighted by Gasteiger charge is 2.54. The molecule has 5 aliphatic carbocycles. The first-order valence-corrected chi connectivity index (χ1v) is 23.2. The van der Waals surface area contributed by atoms with Gasteiger partial charge in [-0.05, 0) is 148 Å². The van der Waals surface area contributed by atoms with Gasteiger partial charge in [-0.1, -0.05) is 194 Å². The summed E-state index contributed by atoms with van der Waals surface area (Å²) >= 11 is 0. The highest BCUT2D eigenvalue weighted by molar-refractivity contribution is 6.12. The molecule has 0 amide bonds. The third-order valence-corrected chi connectivity index (χ3v) is 15.7. The molecule has 2 spiro atoms. The van der Waals surface area contributed by atoms with Gasteiger partial charge in [-0.25, -0.2) is 0 Å². The zero-order chi connectivity index (χ0) is 42.4. The lowest BCUT2D eigenvalue weighted by Gasteiger charge is -2.35. The number of para-hydroxylation sites is 1. The van der Waals surface area contributed by atoms with Crippen molar-refractivity contribution in [3.05, 3.63) is 275 Å². The molecule has 15 rings (SSSR count). The van der Waals surface area contributed by atoms with Crippen molar-refractivity contribution in [3.8, 4) is 33.4 Å².